The summed E-state index contributed by atoms with van der Waals surface area (Å²) in [4.78, 5) is 19.2. The van der Waals surface area contributed by atoms with Gasteiger partial charge in [0.25, 0.3) is 5.91 Å². The van der Waals surface area contributed by atoms with Crippen molar-refractivity contribution in [2.75, 3.05) is 13.1 Å². The molecule has 2 aromatic heterocycles. The van der Waals surface area contributed by atoms with Crippen molar-refractivity contribution in [3.63, 3.8) is 0 Å². The van der Waals surface area contributed by atoms with Crippen molar-refractivity contribution in [3.8, 4) is 11.4 Å². The second-order valence-corrected chi connectivity index (χ2v) is 8.24. The van der Waals surface area contributed by atoms with Gasteiger partial charge in [0.1, 0.15) is 0 Å². The van der Waals surface area contributed by atoms with Crippen LogP contribution in [0.25, 0.3) is 11.4 Å². The summed E-state index contributed by atoms with van der Waals surface area (Å²) in [6.07, 6.45) is 2.60. The Hall–Kier alpha value is -1.89. The summed E-state index contributed by atoms with van der Waals surface area (Å²) in [6, 6.07) is 6.93. The van der Waals surface area contributed by atoms with Crippen LogP contribution in [0.2, 0.25) is 10.0 Å². The number of likely N-dealkylation sites (tertiary alicyclic amines) is 1. The Labute approximate surface area is 170 Å². The minimum absolute atomic E-state index is 0.0864. The molecule has 1 amide bonds. The van der Waals surface area contributed by atoms with Gasteiger partial charge in [-0.3, -0.25) is 4.79 Å². The summed E-state index contributed by atoms with van der Waals surface area (Å²) in [7, 11) is 0. The highest BCUT2D eigenvalue weighted by atomic mass is 35.5. The fraction of sp³-hybridized carbons (Fsp3) is 0.316. The molecular formula is C19H17Cl2N3O2S. The molecule has 8 heteroatoms. The number of rotatable bonds is 4. The minimum Gasteiger partial charge on any atom is -0.339 e. The van der Waals surface area contributed by atoms with Gasteiger partial charge >= 0.3 is 0 Å². The molecule has 1 unspecified atom stereocenters. The van der Waals surface area contributed by atoms with Crippen molar-refractivity contribution in [2.45, 2.75) is 19.3 Å². The van der Waals surface area contributed by atoms with Gasteiger partial charge in [-0.2, -0.15) is 16.3 Å². The van der Waals surface area contributed by atoms with Crippen LogP contribution in [0.5, 0.6) is 0 Å². The number of aromatic nitrogens is 2. The average molecular weight is 422 g/mol. The van der Waals surface area contributed by atoms with Gasteiger partial charge in [-0.25, -0.2) is 0 Å². The molecule has 27 heavy (non-hydrogen) atoms. The number of benzene rings is 1. The summed E-state index contributed by atoms with van der Waals surface area (Å²) in [5.41, 5.74) is 1.41. The number of piperidine rings is 1. The van der Waals surface area contributed by atoms with Crippen LogP contribution < -0.4 is 0 Å². The van der Waals surface area contributed by atoms with E-state index in [-0.39, 0.29) is 11.8 Å². The third-order valence-corrected chi connectivity index (χ3v) is 5.92. The molecule has 0 saturated carbocycles. The molecule has 4 rings (SSSR count). The van der Waals surface area contributed by atoms with E-state index in [1.165, 1.54) is 0 Å². The van der Waals surface area contributed by atoms with Gasteiger partial charge < -0.3 is 9.42 Å². The van der Waals surface area contributed by atoms with Crippen molar-refractivity contribution >= 4 is 40.4 Å². The maximum absolute atomic E-state index is 12.9. The van der Waals surface area contributed by atoms with Crippen LogP contribution in [0.3, 0.4) is 0 Å². The molecule has 1 saturated heterocycles. The van der Waals surface area contributed by atoms with E-state index in [9.17, 15) is 4.79 Å². The predicted octanol–water partition coefficient (Wildman–Crippen LogP) is 5.20. The first-order valence-electron chi connectivity index (χ1n) is 8.69. The number of carbonyl (C=O) groups excluding carboxylic acids is 1. The van der Waals surface area contributed by atoms with Gasteiger partial charge in [0.05, 0.1) is 10.6 Å². The van der Waals surface area contributed by atoms with Crippen LogP contribution >= 0.6 is 34.5 Å². The number of hydrogen-bond donors (Lipinski definition) is 0. The molecule has 5 nitrogen and oxygen atoms in total. The molecule has 0 spiro atoms. The van der Waals surface area contributed by atoms with Crippen LogP contribution in [-0.4, -0.2) is 34.0 Å². The van der Waals surface area contributed by atoms with E-state index in [0.29, 0.717) is 46.8 Å². The molecule has 0 bridgehead atoms. The molecule has 140 valence electrons. The molecule has 3 heterocycles. The third-order valence-electron chi connectivity index (χ3n) is 4.68. The van der Waals surface area contributed by atoms with E-state index in [4.69, 9.17) is 27.7 Å². The first-order chi connectivity index (χ1) is 13.1. The van der Waals surface area contributed by atoms with Crippen LogP contribution in [0.1, 0.15) is 29.1 Å². The number of halogens is 2. The first-order valence-corrected chi connectivity index (χ1v) is 10.4. The SMILES string of the molecule is O=C(c1cc(Cl)ccc1Cl)N1CCCC(Cc2nc(-c3ccsc3)no2)C1. The summed E-state index contributed by atoms with van der Waals surface area (Å²) in [6.45, 7) is 1.35. The van der Waals surface area contributed by atoms with Crippen molar-refractivity contribution in [1.29, 1.82) is 0 Å². The fourth-order valence-corrected chi connectivity index (χ4v) is 4.35. The van der Waals surface area contributed by atoms with Gasteiger partial charge in [0, 0.05) is 35.5 Å². The zero-order chi connectivity index (χ0) is 18.8. The monoisotopic (exact) mass is 421 g/mol. The highest BCUT2D eigenvalue weighted by Gasteiger charge is 2.27. The molecule has 1 aliphatic rings. The van der Waals surface area contributed by atoms with E-state index in [1.54, 1.807) is 29.5 Å². The van der Waals surface area contributed by atoms with Crippen LogP contribution in [0, 0.1) is 5.92 Å². The van der Waals surface area contributed by atoms with Crippen LogP contribution in [-0.2, 0) is 6.42 Å². The van der Waals surface area contributed by atoms with E-state index in [2.05, 4.69) is 10.1 Å². The lowest BCUT2D eigenvalue weighted by Gasteiger charge is -2.32. The fourth-order valence-electron chi connectivity index (χ4n) is 3.34. The van der Waals surface area contributed by atoms with Crippen LogP contribution in [0.15, 0.2) is 39.5 Å². The van der Waals surface area contributed by atoms with Gasteiger partial charge in [-0.05, 0) is 48.4 Å². The normalized spacial score (nSPS) is 17.3. The first kappa shape index (κ1) is 18.5. The maximum atomic E-state index is 12.9. The van der Waals surface area contributed by atoms with Crippen molar-refractivity contribution < 1.29 is 9.32 Å². The van der Waals surface area contributed by atoms with Gasteiger partial charge in [0.2, 0.25) is 11.7 Å². The predicted molar refractivity (Wildman–Crippen MR) is 106 cm³/mol. The quantitative estimate of drug-likeness (QED) is 0.580. The highest BCUT2D eigenvalue weighted by molar-refractivity contribution is 7.08. The van der Waals surface area contributed by atoms with Gasteiger partial charge in [-0.15, -0.1) is 0 Å². The molecular weight excluding hydrogens is 405 g/mol. The smallest absolute Gasteiger partial charge is 0.255 e. The summed E-state index contributed by atoms with van der Waals surface area (Å²) < 4.78 is 5.41. The molecule has 0 radical (unpaired) electrons. The van der Waals surface area contributed by atoms with E-state index in [1.807, 2.05) is 21.7 Å². The van der Waals surface area contributed by atoms with Crippen molar-refractivity contribution in [3.05, 3.63) is 56.5 Å². The van der Waals surface area contributed by atoms with Crippen molar-refractivity contribution in [2.24, 2.45) is 5.92 Å². The zero-order valence-electron chi connectivity index (χ0n) is 14.4. The second kappa shape index (κ2) is 8.00. The summed E-state index contributed by atoms with van der Waals surface area (Å²) >= 11 is 13.8. The standard InChI is InChI=1S/C19H17Cl2N3O2S/c20-14-3-4-16(21)15(9-14)19(25)24-6-1-2-12(10-24)8-17-22-18(23-26-17)13-5-7-27-11-13/h3-5,7,9,11-12H,1-2,6,8,10H2. The second-order valence-electron chi connectivity index (χ2n) is 6.61. The number of amides is 1. The topological polar surface area (TPSA) is 59.2 Å². The van der Waals surface area contributed by atoms with Crippen molar-refractivity contribution in [1.82, 2.24) is 15.0 Å². The molecule has 1 fully saturated rings. The van der Waals surface area contributed by atoms with Gasteiger partial charge in [0.15, 0.2) is 0 Å². The van der Waals surface area contributed by atoms with E-state index < -0.39 is 0 Å². The lowest BCUT2D eigenvalue weighted by atomic mass is 9.94. The Morgan fingerprint density at radius 1 is 1.33 bits per heavy atom. The number of thiophene rings is 1. The number of hydrogen-bond acceptors (Lipinski definition) is 5. The Morgan fingerprint density at radius 3 is 3.04 bits per heavy atom. The van der Waals surface area contributed by atoms with Crippen LogP contribution in [0.4, 0.5) is 0 Å². The molecule has 1 atom stereocenters. The van der Waals surface area contributed by atoms with E-state index >= 15 is 0 Å². The summed E-state index contributed by atoms with van der Waals surface area (Å²) in [5.74, 6) is 1.41. The summed E-state index contributed by atoms with van der Waals surface area (Å²) in [5, 5.41) is 8.95. The molecule has 3 aromatic rings. The highest BCUT2D eigenvalue weighted by Crippen LogP contribution is 2.27. The van der Waals surface area contributed by atoms with E-state index in [0.717, 1.165) is 18.4 Å². The maximum Gasteiger partial charge on any atom is 0.255 e. The van der Waals surface area contributed by atoms with Gasteiger partial charge in [-0.1, -0.05) is 28.4 Å². The Balaban J connectivity index is 1.44. The number of nitrogens with zero attached hydrogens (tertiary/aromatic N) is 3. The molecule has 1 aromatic carbocycles. The third kappa shape index (κ3) is 4.18. The Bertz CT molecular complexity index is 942. The molecule has 0 aliphatic carbocycles. The minimum atomic E-state index is -0.0864. The lowest BCUT2D eigenvalue weighted by molar-refractivity contribution is 0.0668. The largest absolute Gasteiger partial charge is 0.339 e. The average Bonchev–Trinajstić information content (AvgIpc) is 3.35. The lowest BCUT2D eigenvalue weighted by Crippen LogP contribution is -2.40. The molecule has 1 aliphatic heterocycles. The number of carbonyl (C=O) groups is 1. The zero-order valence-corrected chi connectivity index (χ0v) is 16.7. The Morgan fingerprint density at radius 2 is 2.22 bits per heavy atom. The molecule has 0 N–H and O–H groups in total. The Kier molecular flexibility index (Phi) is 5.48.